The summed E-state index contributed by atoms with van der Waals surface area (Å²) in [5, 5.41) is 0. The van der Waals surface area contributed by atoms with Gasteiger partial charge in [-0.25, -0.2) is 0 Å². The van der Waals surface area contributed by atoms with Crippen molar-refractivity contribution in [1.29, 1.82) is 0 Å². The van der Waals surface area contributed by atoms with Crippen LogP contribution in [0.4, 0.5) is 0 Å². The highest BCUT2D eigenvalue weighted by atomic mass is 16.6. The smallest absolute Gasteiger partial charge is 0.306 e. The maximum absolute atomic E-state index is 12.7. The lowest BCUT2D eigenvalue weighted by Crippen LogP contribution is -2.44. The summed E-state index contributed by atoms with van der Waals surface area (Å²) in [7, 11) is 0. The Kier molecular flexibility index (Phi) is 5.74. The van der Waals surface area contributed by atoms with Crippen molar-refractivity contribution < 1.29 is 14.3 Å². The van der Waals surface area contributed by atoms with Crippen LogP contribution >= 0.6 is 0 Å². The number of aromatic nitrogens is 1. The molecule has 0 unspecified atom stereocenters. The van der Waals surface area contributed by atoms with Gasteiger partial charge in [-0.15, -0.1) is 0 Å². The Morgan fingerprint density at radius 3 is 2.78 bits per heavy atom. The minimum absolute atomic E-state index is 0.00647. The van der Waals surface area contributed by atoms with Crippen molar-refractivity contribution in [2.24, 2.45) is 0 Å². The number of pyridine rings is 1. The number of rotatable bonds is 4. The van der Waals surface area contributed by atoms with E-state index in [4.69, 9.17) is 4.74 Å². The predicted molar refractivity (Wildman–Crippen MR) is 88.0 cm³/mol. The van der Waals surface area contributed by atoms with Crippen molar-refractivity contribution in [2.75, 3.05) is 6.54 Å². The van der Waals surface area contributed by atoms with Crippen molar-refractivity contribution in [3.63, 3.8) is 0 Å². The molecular formula is C18H26N2O3. The maximum Gasteiger partial charge on any atom is 0.306 e. The minimum atomic E-state index is -0.463. The zero-order valence-corrected chi connectivity index (χ0v) is 14.2. The molecule has 0 bridgehead atoms. The topological polar surface area (TPSA) is 59.5 Å². The Bertz CT molecular complexity index is 537. The highest BCUT2D eigenvalue weighted by Crippen LogP contribution is 2.23. The van der Waals surface area contributed by atoms with Crippen LogP contribution in [-0.4, -0.2) is 39.9 Å². The molecular weight excluding hydrogens is 292 g/mol. The molecule has 0 aliphatic carbocycles. The molecule has 126 valence electrons. The van der Waals surface area contributed by atoms with Crippen LogP contribution < -0.4 is 0 Å². The van der Waals surface area contributed by atoms with Gasteiger partial charge in [-0.2, -0.15) is 0 Å². The third-order valence-electron chi connectivity index (χ3n) is 3.90. The molecule has 1 amide bonds. The van der Waals surface area contributed by atoms with Crippen LogP contribution in [0, 0.1) is 0 Å². The van der Waals surface area contributed by atoms with Crippen LogP contribution in [0.2, 0.25) is 0 Å². The van der Waals surface area contributed by atoms with E-state index in [9.17, 15) is 9.59 Å². The summed E-state index contributed by atoms with van der Waals surface area (Å²) in [5.74, 6) is -0.191. The molecule has 2 heterocycles. The van der Waals surface area contributed by atoms with Crippen LogP contribution in [0.25, 0.3) is 0 Å². The van der Waals surface area contributed by atoms with E-state index >= 15 is 0 Å². The Morgan fingerprint density at radius 2 is 2.13 bits per heavy atom. The van der Waals surface area contributed by atoms with Crippen molar-refractivity contribution in [2.45, 2.75) is 64.5 Å². The van der Waals surface area contributed by atoms with Gasteiger partial charge in [-0.05, 0) is 58.6 Å². The average Bonchev–Trinajstić information content (AvgIpc) is 2.52. The molecule has 1 saturated heterocycles. The second-order valence-electron chi connectivity index (χ2n) is 7.01. The zero-order valence-electron chi connectivity index (χ0n) is 14.2. The molecule has 1 aromatic heterocycles. The molecule has 1 aliphatic heterocycles. The molecule has 0 N–H and O–H groups in total. The molecule has 5 heteroatoms. The molecule has 2 rings (SSSR count). The van der Waals surface area contributed by atoms with E-state index in [0.717, 1.165) is 25.8 Å². The fourth-order valence-electron chi connectivity index (χ4n) is 2.90. The van der Waals surface area contributed by atoms with Gasteiger partial charge in [0, 0.05) is 31.4 Å². The van der Waals surface area contributed by atoms with E-state index in [1.165, 1.54) is 0 Å². The van der Waals surface area contributed by atoms with Gasteiger partial charge in [0.15, 0.2) is 0 Å². The number of amides is 1. The number of piperidine rings is 1. The Morgan fingerprint density at radius 1 is 1.35 bits per heavy atom. The second-order valence-corrected chi connectivity index (χ2v) is 7.01. The molecule has 1 aromatic rings. The predicted octanol–water partition coefficient (Wildman–Crippen LogP) is 3.20. The normalized spacial score (nSPS) is 18.6. The van der Waals surface area contributed by atoms with Gasteiger partial charge in [0.25, 0.3) is 5.91 Å². The lowest BCUT2D eigenvalue weighted by atomic mass is 9.97. The monoisotopic (exact) mass is 318 g/mol. The summed E-state index contributed by atoms with van der Waals surface area (Å²) in [5.41, 5.74) is 0.145. The Balaban J connectivity index is 1.96. The largest absolute Gasteiger partial charge is 0.460 e. The van der Waals surface area contributed by atoms with Gasteiger partial charge in [0.05, 0.1) is 5.56 Å². The van der Waals surface area contributed by atoms with E-state index in [-0.39, 0.29) is 17.9 Å². The third-order valence-corrected chi connectivity index (χ3v) is 3.90. The number of esters is 1. The lowest BCUT2D eigenvalue weighted by Gasteiger charge is -2.36. The van der Waals surface area contributed by atoms with E-state index in [1.807, 2.05) is 25.7 Å². The Hall–Kier alpha value is -1.91. The fraction of sp³-hybridized carbons (Fsp3) is 0.611. The van der Waals surface area contributed by atoms with Crippen LogP contribution in [0.5, 0.6) is 0 Å². The van der Waals surface area contributed by atoms with Crippen molar-refractivity contribution in [3.05, 3.63) is 30.1 Å². The van der Waals surface area contributed by atoms with Gasteiger partial charge < -0.3 is 9.64 Å². The van der Waals surface area contributed by atoms with Gasteiger partial charge in [-0.1, -0.05) is 0 Å². The van der Waals surface area contributed by atoms with Gasteiger partial charge >= 0.3 is 5.97 Å². The number of nitrogens with zero attached hydrogens (tertiary/aromatic N) is 2. The summed E-state index contributed by atoms with van der Waals surface area (Å²) in [6.45, 7) is 6.34. The third kappa shape index (κ3) is 5.34. The van der Waals surface area contributed by atoms with Gasteiger partial charge in [-0.3, -0.25) is 14.6 Å². The van der Waals surface area contributed by atoms with Gasteiger partial charge in [0.1, 0.15) is 5.60 Å². The quantitative estimate of drug-likeness (QED) is 0.800. The lowest BCUT2D eigenvalue weighted by molar-refractivity contribution is -0.155. The van der Waals surface area contributed by atoms with Crippen molar-refractivity contribution in [1.82, 2.24) is 9.88 Å². The highest BCUT2D eigenvalue weighted by molar-refractivity contribution is 5.94. The summed E-state index contributed by atoms with van der Waals surface area (Å²) >= 11 is 0. The second kappa shape index (κ2) is 7.57. The fourth-order valence-corrected chi connectivity index (χ4v) is 2.90. The number of carbonyl (C=O) groups is 2. The first-order chi connectivity index (χ1) is 10.9. The molecule has 1 atom stereocenters. The van der Waals surface area contributed by atoms with Crippen molar-refractivity contribution in [3.8, 4) is 0 Å². The molecule has 23 heavy (non-hydrogen) atoms. The van der Waals surface area contributed by atoms with Crippen LogP contribution in [0.15, 0.2) is 24.5 Å². The Labute approximate surface area is 138 Å². The molecule has 5 nitrogen and oxygen atoms in total. The zero-order chi connectivity index (χ0) is 16.9. The number of hydrogen-bond donors (Lipinski definition) is 0. The SMILES string of the molecule is CC(C)(C)OC(=O)CC[C@@H]1CCCCN1C(=O)c1cccnc1. The van der Waals surface area contributed by atoms with E-state index in [0.29, 0.717) is 18.4 Å². The van der Waals surface area contributed by atoms with Gasteiger partial charge in [0.2, 0.25) is 0 Å². The van der Waals surface area contributed by atoms with E-state index in [1.54, 1.807) is 24.5 Å². The minimum Gasteiger partial charge on any atom is -0.460 e. The number of hydrogen-bond acceptors (Lipinski definition) is 4. The maximum atomic E-state index is 12.7. The highest BCUT2D eigenvalue weighted by Gasteiger charge is 2.28. The van der Waals surface area contributed by atoms with Crippen LogP contribution in [0.3, 0.4) is 0 Å². The van der Waals surface area contributed by atoms with Crippen LogP contribution in [0.1, 0.15) is 63.2 Å². The standard InChI is InChI=1S/C18H26N2O3/c1-18(2,3)23-16(21)10-9-15-8-4-5-12-20(15)17(22)14-7-6-11-19-13-14/h6-7,11,13,15H,4-5,8-10,12H2,1-3H3/t15-/m0/s1. The van der Waals surface area contributed by atoms with E-state index < -0.39 is 5.60 Å². The number of likely N-dealkylation sites (tertiary alicyclic amines) is 1. The molecule has 0 aromatic carbocycles. The first-order valence-electron chi connectivity index (χ1n) is 8.29. The average molecular weight is 318 g/mol. The first kappa shape index (κ1) is 17.4. The molecule has 0 radical (unpaired) electrons. The molecule has 0 spiro atoms. The number of carbonyl (C=O) groups excluding carboxylic acids is 2. The summed E-state index contributed by atoms with van der Waals surface area (Å²) in [6, 6.07) is 3.66. The number of ether oxygens (including phenoxy) is 1. The summed E-state index contributed by atoms with van der Waals surface area (Å²) in [6.07, 6.45) is 7.30. The van der Waals surface area contributed by atoms with E-state index in [2.05, 4.69) is 4.98 Å². The first-order valence-corrected chi connectivity index (χ1v) is 8.29. The summed E-state index contributed by atoms with van der Waals surface area (Å²) < 4.78 is 5.36. The molecule has 1 fully saturated rings. The van der Waals surface area contributed by atoms with Crippen LogP contribution in [-0.2, 0) is 9.53 Å². The molecule has 1 aliphatic rings. The summed E-state index contributed by atoms with van der Waals surface area (Å²) in [4.78, 5) is 30.5. The molecule has 0 saturated carbocycles. The van der Waals surface area contributed by atoms with Crippen molar-refractivity contribution >= 4 is 11.9 Å².